The van der Waals surface area contributed by atoms with Crippen LogP contribution >= 0.6 is 0 Å². The third-order valence-corrected chi connectivity index (χ3v) is 2.25. The molecule has 0 spiro atoms. The van der Waals surface area contributed by atoms with Crippen molar-refractivity contribution < 1.29 is 9.21 Å². The van der Waals surface area contributed by atoms with Gasteiger partial charge in [-0.3, -0.25) is 4.79 Å². The minimum absolute atomic E-state index is 0.415. The molecular formula is C12H12N2O2. The van der Waals surface area contributed by atoms with Gasteiger partial charge in [-0.15, -0.1) is 0 Å². The summed E-state index contributed by atoms with van der Waals surface area (Å²) in [6.45, 7) is 0.687. The average Bonchev–Trinajstić information content (AvgIpc) is 2.80. The molecule has 0 bridgehead atoms. The summed E-state index contributed by atoms with van der Waals surface area (Å²) >= 11 is 0. The van der Waals surface area contributed by atoms with E-state index >= 15 is 0 Å². The van der Waals surface area contributed by atoms with E-state index in [-0.39, 0.29) is 0 Å². The van der Waals surface area contributed by atoms with Crippen LogP contribution in [0.25, 0.3) is 0 Å². The number of primary amides is 1. The van der Waals surface area contributed by atoms with Crippen molar-refractivity contribution in [3.8, 4) is 0 Å². The van der Waals surface area contributed by atoms with Gasteiger partial charge in [-0.05, 0) is 30.3 Å². The lowest BCUT2D eigenvalue weighted by molar-refractivity contribution is 0.100. The maximum Gasteiger partial charge on any atom is 0.248 e. The Morgan fingerprint density at radius 3 is 2.56 bits per heavy atom. The maximum atomic E-state index is 10.8. The van der Waals surface area contributed by atoms with Gasteiger partial charge in [0, 0.05) is 23.4 Å². The van der Waals surface area contributed by atoms with Gasteiger partial charge in [0.15, 0.2) is 0 Å². The van der Waals surface area contributed by atoms with E-state index in [1.807, 2.05) is 18.2 Å². The Morgan fingerprint density at radius 2 is 2.00 bits per heavy atom. The minimum Gasteiger partial charge on any atom is -0.472 e. The predicted molar refractivity (Wildman–Crippen MR) is 61.0 cm³/mol. The second-order valence-electron chi connectivity index (χ2n) is 3.43. The monoisotopic (exact) mass is 216 g/mol. The zero-order valence-electron chi connectivity index (χ0n) is 8.64. The molecule has 1 heterocycles. The summed E-state index contributed by atoms with van der Waals surface area (Å²) in [6, 6.07) is 8.92. The molecule has 1 aromatic heterocycles. The molecule has 3 N–H and O–H groups in total. The Hall–Kier alpha value is -2.23. The Labute approximate surface area is 93.1 Å². The normalized spacial score (nSPS) is 10.0. The number of benzene rings is 1. The molecule has 0 radical (unpaired) electrons. The first-order chi connectivity index (χ1) is 7.75. The molecule has 1 aromatic carbocycles. The highest BCUT2D eigenvalue weighted by Gasteiger charge is 1.99. The number of rotatable bonds is 4. The molecular weight excluding hydrogens is 204 g/mol. The van der Waals surface area contributed by atoms with Crippen LogP contribution in [0.2, 0.25) is 0 Å². The summed E-state index contributed by atoms with van der Waals surface area (Å²) in [5.74, 6) is -0.415. The summed E-state index contributed by atoms with van der Waals surface area (Å²) in [7, 11) is 0. The number of carbonyl (C=O) groups is 1. The summed E-state index contributed by atoms with van der Waals surface area (Å²) in [5, 5.41) is 3.20. The van der Waals surface area contributed by atoms with E-state index in [0.29, 0.717) is 12.1 Å². The number of nitrogens with two attached hydrogens (primary N) is 1. The van der Waals surface area contributed by atoms with Crippen LogP contribution < -0.4 is 11.1 Å². The number of hydrogen-bond donors (Lipinski definition) is 2. The summed E-state index contributed by atoms with van der Waals surface area (Å²) < 4.78 is 4.95. The van der Waals surface area contributed by atoms with Crippen LogP contribution in [0.1, 0.15) is 15.9 Å². The quantitative estimate of drug-likeness (QED) is 0.821. The van der Waals surface area contributed by atoms with Gasteiger partial charge in [0.1, 0.15) is 0 Å². The van der Waals surface area contributed by atoms with Gasteiger partial charge in [-0.2, -0.15) is 0 Å². The Balaban J connectivity index is 1.98. The number of amides is 1. The van der Waals surface area contributed by atoms with Crippen molar-refractivity contribution in [2.24, 2.45) is 5.73 Å². The fourth-order valence-electron chi connectivity index (χ4n) is 1.35. The lowest BCUT2D eigenvalue weighted by atomic mass is 10.2. The van der Waals surface area contributed by atoms with Crippen LogP contribution in [0, 0.1) is 0 Å². The molecule has 0 unspecified atom stereocenters. The fourth-order valence-corrected chi connectivity index (χ4v) is 1.35. The number of anilines is 1. The Morgan fingerprint density at radius 1 is 1.25 bits per heavy atom. The predicted octanol–water partition coefficient (Wildman–Crippen LogP) is 1.99. The summed E-state index contributed by atoms with van der Waals surface area (Å²) in [5.41, 5.74) is 7.66. The molecule has 2 aromatic rings. The lowest BCUT2D eigenvalue weighted by Gasteiger charge is -2.04. The van der Waals surface area contributed by atoms with Gasteiger partial charge < -0.3 is 15.5 Å². The van der Waals surface area contributed by atoms with Gasteiger partial charge in [-0.1, -0.05) is 0 Å². The van der Waals surface area contributed by atoms with E-state index < -0.39 is 5.91 Å². The molecule has 0 aliphatic rings. The number of carbonyl (C=O) groups excluding carboxylic acids is 1. The van der Waals surface area contributed by atoms with Crippen molar-refractivity contribution in [2.75, 3.05) is 5.32 Å². The fraction of sp³-hybridized carbons (Fsp3) is 0.0833. The molecule has 1 amide bonds. The molecule has 16 heavy (non-hydrogen) atoms. The highest BCUT2D eigenvalue weighted by molar-refractivity contribution is 5.93. The van der Waals surface area contributed by atoms with Crippen molar-refractivity contribution in [3.05, 3.63) is 54.0 Å². The summed E-state index contributed by atoms with van der Waals surface area (Å²) in [6.07, 6.45) is 3.32. The van der Waals surface area contributed by atoms with Gasteiger partial charge in [0.2, 0.25) is 5.91 Å². The van der Waals surface area contributed by atoms with E-state index in [1.165, 1.54) is 0 Å². The standard InChI is InChI=1S/C12H12N2O2/c13-12(15)10-1-3-11(4-2-10)14-7-9-5-6-16-8-9/h1-6,8,14H,7H2,(H2,13,15). The van der Waals surface area contributed by atoms with Crippen LogP contribution in [0.5, 0.6) is 0 Å². The van der Waals surface area contributed by atoms with Gasteiger partial charge in [0.25, 0.3) is 0 Å². The Bertz CT molecular complexity index is 460. The van der Waals surface area contributed by atoms with Crippen molar-refractivity contribution >= 4 is 11.6 Å². The van der Waals surface area contributed by atoms with Crippen molar-refractivity contribution in [1.29, 1.82) is 0 Å². The van der Waals surface area contributed by atoms with Crippen molar-refractivity contribution in [2.45, 2.75) is 6.54 Å². The summed E-state index contributed by atoms with van der Waals surface area (Å²) in [4.78, 5) is 10.8. The first-order valence-corrected chi connectivity index (χ1v) is 4.90. The lowest BCUT2D eigenvalue weighted by Crippen LogP contribution is -2.10. The van der Waals surface area contributed by atoms with E-state index in [0.717, 1.165) is 11.3 Å². The van der Waals surface area contributed by atoms with E-state index in [4.69, 9.17) is 10.2 Å². The van der Waals surface area contributed by atoms with E-state index in [2.05, 4.69) is 5.32 Å². The molecule has 0 saturated heterocycles. The minimum atomic E-state index is -0.415. The molecule has 0 fully saturated rings. The van der Waals surface area contributed by atoms with E-state index in [9.17, 15) is 4.79 Å². The maximum absolute atomic E-state index is 10.8. The zero-order valence-corrected chi connectivity index (χ0v) is 8.64. The van der Waals surface area contributed by atoms with Gasteiger partial charge in [0.05, 0.1) is 12.5 Å². The molecule has 4 nitrogen and oxygen atoms in total. The van der Waals surface area contributed by atoms with Gasteiger partial charge >= 0.3 is 0 Å². The number of nitrogens with one attached hydrogen (secondary N) is 1. The van der Waals surface area contributed by atoms with E-state index in [1.54, 1.807) is 24.7 Å². The topological polar surface area (TPSA) is 68.3 Å². The molecule has 82 valence electrons. The molecule has 0 aliphatic carbocycles. The largest absolute Gasteiger partial charge is 0.472 e. The first-order valence-electron chi connectivity index (χ1n) is 4.90. The first kappa shape index (κ1) is 10.3. The van der Waals surface area contributed by atoms with Crippen molar-refractivity contribution in [1.82, 2.24) is 0 Å². The average molecular weight is 216 g/mol. The zero-order chi connectivity index (χ0) is 11.4. The second kappa shape index (κ2) is 4.53. The highest BCUT2D eigenvalue weighted by Crippen LogP contribution is 2.11. The Kier molecular flexibility index (Phi) is 2.91. The number of furan rings is 1. The van der Waals surface area contributed by atoms with Gasteiger partial charge in [-0.25, -0.2) is 0 Å². The van der Waals surface area contributed by atoms with Crippen LogP contribution in [0.15, 0.2) is 47.3 Å². The molecule has 2 rings (SSSR count). The highest BCUT2D eigenvalue weighted by atomic mass is 16.3. The third-order valence-electron chi connectivity index (χ3n) is 2.25. The SMILES string of the molecule is NC(=O)c1ccc(NCc2ccoc2)cc1. The van der Waals surface area contributed by atoms with Crippen molar-refractivity contribution in [3.63, 3.8) is 0 Å². The number of hydrogen-bond acceptors (Lipinski definition) is 3. The second-order valence-corrected chi connectivity index (χ2v) is 3.43. The molecule has 0 saturated carbocycles. The molecule has 0 aliphatic heterocycles. The third kappa shape index (κ3) is 2.42. The van der Waals surface area contributed by atoms with Crippen LogP contribution in [0.3, 0.4) is 0 Å². The molecule has 0 atom stereocenters. The van der Waals surface area contributed by atoms with Crippen LogP contribution in [-0.4, -0.2) is 5.91 Å². The van der Waals surface area contributed by atoms with Crippen LogP contribution in [-0.2, 0) is 6.54 Å². The molecule has 4 heteroatoms. The van der Waals surface area contributed by atoms with Crippen LogP contribution in [0.4, 0.5) is 5.69 Å². The smallest absolute Gasteiger partial charge is 0.248 e.